The van der Waals surface area contributed by atoms with Crippen molar-refractivity contribution in [2.45, 2.75) is 38.8 Å². The van der Waals surface area contributed by atoms with Crippen molar-refractivity contribution in [3.05, 3.63) is 12.0 Å². The van der Waals surface area contributed by atoms with Crippen LogP contribution in [0.4, 0.5) is 0 Å². The molecule has 0 radical (unpaired) electrons. The molecule has 0 saturated heterocycles. The van der Waals surface area contributed by atoms with Gasteiger partial charge in [0.05, 0.1) is 0 Å². The number of amides is 1. The molecule has 0 N–H and O–H groups in total. The van der Waals surface area contributed by atoms with Gasteiger partial charge in [-0.25, -0.2) is 13.4 Å². The molecule has 1 atom stereocenters. The van der Waals surface area contributed by atoms with E-state index in [1.165, 1.54) is 10.8 Å². The van der Waals surface area contributed by atoms with Crippen molar-refractivity contribution in [2.24, 2.45) is 0 Å². The van der Waals surface area contributed by atoms with E-state index in [4.69, 9.17) is 10.7 Å². The molecule has 0 aliphatic rings. The summed E-state index contributed by atoms with van der Waals surface area (Å²) in [7, 11) is 1.37. The minimum atomic E-state index is -3.88. The van der Waals surface area contributed by atoms with Gasteiger partial charge < -0.3 is 9.47 Å². The molecule has 1 amide bonds. The highest BCUT2D eigenvalue weighted by molar-refractivity contribution is 8.13. The Balaban J connectivity index is 3.10. The lowest BCUT2D eigenvalue weighted by molar-refractivity contribution is -0.133. The second-order valence-electron chi connectivity index (χ2n) is 4.16. The normalized spacial score (nSPS) is 13.3. The number of aryl methyl sites for hydroxylation is 1. The fraction of sp³-hybridized carbons (Fsp3) is 0.636. The van der Waals surface area contributed by atoms with E-state index in [-0.39, 0.29) is 10.9 Å². The molecule has 0 aliphatic carbocycles. The molecule has 1 unspecified atom stereocenters. The first-order valence-corrected chi connectivity index (χ1v) is 8.32. The lowest BCUT2D eigenvalue weighted by Crippen LogP contribution is -2.36. The number of hydrogen-bond acceptors (Lipinski definition) is 4. The lowest BCUT2D eigenvalue weighted by Gasteiger charge is -2.24. The van der Waals surface area contributed by atoms with Crippen molar-refractivity contribution in [1.29, 1.82) is 0 Å². The van der Waals surface area contributed by atoms with Crippen LogP contribution in [0.3, 0.4) is 0 Å². The van der Waals surface area contributed by atoms with E-state index in [0.29, 0.717) is 18.9 Å². The highest BCUT2D eigenvalue weighted by Gasteiger charge is 2.24. The van der Waals surface area contributed by atoms with Gasteiger partial charge in [-0.3, -0.25) is 4.79 Å². The molecule has 0 fully saturated rings. The standard InChI is InChI=1S/C11H18ClN3O3S/c1-5-14(6-2)11(16)8(3)15-7-10(13-9(15)4)19(12,17)18/h7-8H,5-6H2,1-4H3. The Kier molecular flexibility index (Phi) is 4.98. The van der Waals surface area contributed by atoms with E-state index >= 15 is 0 Å². The summed E-state index contributed by atoms with van der Waals surface area (Å²) in [5.74, 6) is 0.358. The molecule has 0 bridgehead atoms. The molecule has 19 heavy (non-hydrogen) atoms. The molecule has 0 saturated carbocycles. The number of aromatic nitrogens is 2. The number of carbonyl (C=O) groups is 1. The Labute approximate surface area is 117 Å². The van der Waals surface area contributed by atoms with Gasteiger partial charge in [-0.1, -0.05) is 0 Å². The summed E-state index contributed by atoms with van der Waals surface area (Å²) in [5, 5.41) is -0.231. The molecule has 0 spiro atoms. The van der Waals surface area contributed by atoms with Crippen LogP contribution in [0.1, 0.15) is 32.6 Å². The summed E-state index contributed by atoms with van der Waals surface area (Å²) < 4.78 is 24.0. The van der Waals surface area contributed by atoms with Gasteiger partial charge in [0.1, 0.15) is 11.9 Å². The zero-order valence-corrected chi connectivity index (χ0v) is 13.0. The fourth-order valence-corrected chi connectivity index (χ4v) is 2.59. The number of hydrogen-bond donors (Lipinski definition) is 0. The van der Waals surface area contributed by atoms with Gasteiger partial charge in [0.2, 0.25) is 5.91 Å². The van der Waals surface area contributed by atoms with Crippen molar-refractivity contribution < 1.29 is 13.2 Å². The van der Waals surface area contributed by atoms with Crippen molar-refractivity contribution in [3.63, 3.8) is 0 Å². The third kappa shape index (κ3) is 3.48. The van der Waals surface area contributed by atoms with Crippen molar-refractivity contribution in [3.8, 4) is 0 Å². The van der Waals surface area contributed by atoms with Crippen molar-refractivity contribution in [1.82, 2.24) is 14.5 Å². The van der Waals surface area contributed by atoms with Crippen LogP contribution in [-0.2, 0) is 13.8 Å². The van der Waals surface area contributed by atoms with Crippen LogP contribution in [0.25, 0.3) is 0 Å². The van der Waals surface area contributed by atoms with Crippen molar-refractivity contribution in [2.75, 3.05) is 13.1 Å². The first-order chi connectivity index (χ1) is 8.72. The molecule has 8 heteroatoms. The maximum absolute atomic E-state index is 12.2. The minimum absolute atomic E-state index is 0.0796. The SMILES string of the molecule is CCN(CC)C(=O)C(C)n1cc(S(=O)(=O)Cl)nc1C. The molecule has 1 rings (SSSR count). The Morgan fingerprint density at radius 2 is 2.00 bits per heavy atom. The quantitative estimate of drug-likeness (QED) is 0.774. The number of imidazole rings is 1. The number of carbonyl (C=O) groups excluding carboxylic acids is 1. The van der Waals surface area contributed by atoms with Crippen LogP contribution >= 0.6 is 10.7 Å². The third-order valence-corrected chi connectivity index (χ3v) is 4.17. The highest BCUT2D eigenvalue weighted by atomic mass is 35.7. The van der Waals surface area contributed by atoms with Gasteiger partial charge in [-0.05, 0) is 27.7 Å². The van der Waals surface area contributed by atoms with Gasteiger partial charge in [0.25, 0.3) is 9.05 Å². The first-order valence-electron chi connectivity index (χ1n) is 6.01. The van der Waals surface area contributed by atoms with E-state index < -0.39 is 15.1 Å². The fourth-order valence-electron chi connectivity index (χ4n) is 1.89. The van der Waals surface area contributed by atoms with Gasteiger partial charge >= 0.3 is 0 Å². The Bertz CT molecular complexity index is 564. The Morgan fingerprint density at radius 1 is 1.47 bits per heavy atom. The van der Waals surface area contributed by atoms with E-state index in [1.54, 1.807) is 18.7 Å². The summed E-state index contributed by atoms with van der Waals surface area (Å²) in [6, 6.07) is -0.514. The second kappa shape index (κ2) is 5.92. The molecular weight excluding hydrogens is 290 g/mol. The zero-order chi connectivity index (χ0) is 14.8. The van der Waals surface area contributed by atoms with Gasteiger partial charge in [0, 0.05) is 30.0 Å². The Hall–Kier alpha value is -1.08. The molecular formula is C11H18ClN3O3S. The molecule has 6 nitrogen and oxygen atoms in total. The first kappa shape index (κ1) is 16.0. The zero-order valence-electron chi connectivity index (χ0n) is 11.4. The number of nitrogens with zero attached hydrogens (tertiary/aromatic N) is 3. The predicted octanol–water partition coefficient (Wildman–Crippen LogP) is 1.55. The molecule has 108 valence electrons. The summed E-state index contributed by atoms with van der Waals surface area (Å²) in [5.41, 5.74) is 0. The molecule has 1 heterocycles. The third-order valence-electron chi connectivity index (χ3n) is 2.99. The smallest absolute Gasteiger partial charge is 0.280 e. The molecule has 1 aromatic rings. The maximum atomic E-state index is 12.2. The van der Waals surface area contributed by atoms with E-state index in [9.17, 15) is 13.2 Å². The average Bonchev–Trinajstić information content (AvgIpc) is 2.71. The lowest BCUT2D eigenvalue weighted by atomic mass is 10.2. The highest BCUT2D eigenvalue weighted by Crippen LogP contribution is 2.19. The molecule has 0 aliphatic heterocycles. The molecule has 0 aromatic carbocycles. The summed E-state index contributed by atoms with van der Waals surface area (Å²) in [6.45, 7) is 8.34. The van der Waals surface area contributed by atoms with Crippen LogP contribution in [0.15, 0.2) is 11.2 Å². The van der Waals surface area contributed by atoms with Crippen LogP contribution in [-0.4, -0.2) is 41.9 Å². The monoisotopic (exact) mass is 307 g/mol. The van der Waals surface area contributed by atoms with Gasteiger partial charge in [-0.15, -0.1) is 0 Å². The average molecular weight is 308 g/mol. The number of halogens is 1. The minimum Gasteiger partial charge on any atom is -0.341 e. The van der Waals surface area contributed by atoms with Crippen LogP contribution in [0.5, 0.6) is 0 Å². The van der Waals surface area contributed by atoms with E-state index in [2.05, 4.69) is 4.98 Å². The maximum Gasteiger partial charge on any atom is 0.280 e. The number of rotatable bonds is 5. The van der Waals surface area contributed by atoms with Crippen LogP contribution < -0.4 is 0 Å². The largest absolute Gasteiger partial charge is 0.341 e. The van der Waals surface area contributed by atoms with E-state index in [0.717, 1.165) is 0 Å². The second-order valence-corrected chi connectivity index (χ2v) is 6.67. The number of likely N-dealkylation sites (N-methyl/N-ethyl adjacent to an activating group) is 1. The van der Waals surface area contributed by atoms with Gasteiger partial charge in [-0.2, -0.15) is 0 Å². The van der Waals surface area contributed by atoms with E-state index in [1.807, 2.05) is 13.8 Å². The van der Waals surface area contributed by atoms with Gasteiger partial charge in [0.15, 0.2) is 5.03 Å². The topological polar surface area (TPSA) is 72.3 Å². The summed E-state index contributed by atoms with van der Waals surface area (Å²) >= 11 is 0. The van der Waals surface area contributed by atoms with Crippen molar-refractivity contribution >= 4 is 25.6 Å². The van der Waals surface area contributed by atoms with Crippen LogP contribution in [0, 0.1) is 6.92 Å². The Morgan fingerprint density at radius 3 is 2.37 bits per heavy atom. The molecule has 1 aromatic heterocycles. The predicted molar refractivity (Wildman–Crippen MR) is 72.6 cm³/mol. The summed E-state index contributed by atoms with van der Waals surface area (Å²) in [6.07, 6.45) is 1.30. The van der Waals surface area contributed by atoms with Crippen LogP contribution in [0.2, 0.25) is 0 Å². The summed E-state index contributed by atoms with van der Waals surface area (Å²) in [4.78, 5) is 17.8.